The first-order chi connectivity index (χ1) is 14.8. The summed E-state index contributed by atoms with van der Waals surface area (Å²) in [6.07, 6.45) is 1.34. The Morgan fingerprint density at radius 1 is 1.35 bits per heavy atom. The van der Waals surface area contributed by atoms with Crippen molar-refractivity contribution in [1.82, 2.24) is 14.8 Å². The van der Waals surface area contributed by atoms with Gasteiger partial charge in [0.2, 0.25) is 5.88 Å². The smallest absolute Gasteiger partial charge is 0.259 e. The fourth-order valence-electron chi connectivity index (χ4n) is 3.45. The van der Waals surface area contributed by atoms with Crippen LogP contribution >= 0.6 is 0 Å². The van der Waals surface area contributed by atoms with E-state index >= 15 is 0 Å². The lowest BCUT2D eigenvalue weighted by Crippen LogP contribution is -2.49. The Morgan fingerprint density at radius 3 is 2.77 bits per heavy atom. The summed E-state index contributed by atoms with van der Waals surface area (Å²) < 4.78 is 20.0. The number of carbonyl (C=O) groups excluding carboxylic acids is 1. The summed E-state index contributed by atoms with van der Waals surface area (Å²) in [7, 11) is 3.92. The summed E-state index contributed by atoms with van der Waals surface area (Å²) in [5.74, 6) is 5.28. The van der Waals surface area contributed by atoms with Crippen molar-refractivity contribution in [2.45, 2.75) is 26.0 Å². The number of benzene rings is 1. The molecule has 0 aliphatic carbocycles. The molecule has 3 rings (SSSR count). The highest BCUT2D eigenvalue weighted by Crippen LogP contribution is 2.27. The van der Waals surface area contributed by atoms with Gasteiger partial charge in [0.1, 0.15) is 17.5 Å². The molecule has 1 aliphatic heterocycles. The van der Waals surface area contributed by atoms with E-state index in [1.807, 2.05) is 32.8 Å². The molecule has 1 aromatic heterocycles. The molecule has 2 aromatic rings. The molecule has 1 N–H and O–H groups in total. The molecule has 0 saturated carbocycles. The van der Waals surface area contributed by atoms with Crippen molar-refractivity contribution in [3.05, 3.63) is 59.0 Å². The van der Waals surface area contributed by atoms with Crippen molar-refractivity contribution < 1.29 is 19.0 Å². The van der Waals surface area contributed by atoms with Crippen LogP contribution in [0.15, 0.2) is 36.5 Å². The lowest BCUT2D eigenvalue weighted by atomic mass is 10.00. The third kappa shape index (κ3) is 5.40. The van der Waals surface area contributed by atoms with Crippen molar-refractivity contribution in [3.63, 3.8) is 0 Å². The number of carbonyl (C=O) groups is 1. The SMILES string of the molecule is C[C@@H]1CN([C@H](C)CO)C(=O)c2cc(C#Cc3ccccc3F)cnc2O[C@@H]1CN(C)C. The largest absolute Gasteiger partial charge is 0.472 e. The highest BCUT2D eigenvalue weighted by Gasteiger charge is 2.33. The number of ether oxygens (including phenoxy) is 1. The molecule has 0 bridgehead atoms. The number of hydrogen-bond donors (Lipinski definition) is 1. The number of rotatable bonds is 4. The maximum absolute atomic E-state index is 13.9. The van der Waals surface area contributed by atoms with Gasteiger partial charge in [0.05, 0.1) is 18.2 Å². The van der Waals surface area contributed by atoms with Crippen LogP contribution in [0.2, 0.25) is 0 Å². The van der Waals surface area contributed by atoms with E-state index in [0.29, 0.717) is 18.7 Å². The third-order valence-electron chi connectivity index (χ3n) is 5.28. The zero-order valence-electron chi connectivity index (χ0n) is 18.3. The Balaban J connectivity index is 2.02. The first-order valence-corrected chi connectivity index (χ1v) is 10.3. The summed E-state index contributed by atoms with van der Waals surface area (Å²) in [6, 6.07) is 7.53. The van der Waals surface area contributed by atoms with Crippen LogP contribution in [0.3, 0.4) is 0 Å². The first kappa shape index (κ1) is 22.7. The number of halogens is 1. The molecule has 7 heteroatoms. The molecular weight excluding hydrogens is 397 g/mol. The van der Waals surface area contributed by atoms with E-state index in [9.17, 15) is 14.3 Å². The normalized spacial score (nSPS) is 19.6. The van der Waals surface area contributed by atoms with Gasteiger partial charge in [0.15, 0.2) is 0 Å². The Labute approximate surface area is 182 Å². The van der Waals surface area contributed by atoms with Gasteiger partial charge in [-0.1, -0.05) is 30.9 Å². The molecule has 1 aliphatic rings. The summed E-state index contributed by atoms with van der Waals surface area (Å²) in [6.45, 7) is 4.80. The van der Waals surface area contributed by atoms with Crippen LogP contribution in [0.5, 0.6) is 5.88 Å². The second-order valence-electron chi connectivity index (χ2n) is 8.19. The van der Waals surface area contributed by atoms with E-state index in [1.165, 1.54) is 12.3 Å². The minimum atomic E-state index is -0.405. The van der Waals surface area contributed by atoms with Crippen LogP contribution < -0.4 is 4.74 Å². The van der Waals surface area contributed by atoms with Gasteiger partial charge in [-0.2, -0.15) is 0 Å². The molecule has 3 atom stereocenters. The van der Waals surface area contributed by atoms with Crippen LogP contribution in [-0.4, -0.2) is 71.7 Å². The Morgan fingerprint density at radius 2 is 2.10 bits per heavy atom. The zero-order valence-corrected chi connectivity index (χ0v) is 18.3. The predicted molar refractivity (Wildman–Crippen MR) is 116 cm³/mol. The van der Waals surface area contributed by atoms with E-state index in [4.69, 9.17) is 4.74 Å². The Kier molecular flexibility index (Phi) is 7.26. The van der Waals surface area contributed by atoms with Crippen LogP contribution in [0, 0.1) is 23.6 Å². The molecule has 1 amide bonds. The number of hydrogen-bond acceptors (Lipinski definition) is 5. The zero-order chi connectivity index (χ0) is 22.5. The number of amides is 1. The van der Waals surface area contributed by atoms with E-state index < -0.39 is 5.82 Å². The van der Waals surface area contributed by atoms with E-state index in [1.54, 1.807) is 29.2 Å². The quantitative estimate of drug-likeness (QED) is 0.762. The highest BCUT2D eigenvalue weighted by molar-refractivity contribution is 5.97. The predicted octanol–water partition coefficient (Wildman–Crippen LogP) is 2.40. The van der Waals surface area contributed by atoms with Crippen LogP contribution in [0.1, 0.15) is 35.3 Å². The summed E-state index contributed by atoms with van der Waals surface area (Å²) in [5, 5.41) is 9.70. The molecule has 6 nitrogen and oxygen atoms in total. The number of nitrogens with zero attached hydrogens (tertiary/aromatic N) is 3. The van der Waals surface area contributed by atoms with Crippen molar-refractivity contribution in [1.29, 1.82) is 0 Å². The van der Waals surface area contributed by atoms with E-state index in [0.717, 1.165) is 0 Å². The fourth-order valence-corrected chi connectivity index (χ4v) is 3.45. The molecule has 0 unspecified atom stereocenters. The first-order valence-electron chi connectivity index (χ1n) is 10.3. The van der Waals surface area contributed by atoms with Crippen molar-refractivity contribution >= 4 is 5.91 Å². The highest BCUT2D eigenvalue weighted by atomic mass is 19.1. The maximum Gasteiger partial charge on any atom is 0.259 e. The third-order valence-corrected chi connectivity index (χ3v) is 5.28. The lowest BCUT2D eigenvalue weighted by Gasteiger charge is -2.37. The van der Waals surface area contributed by atoms with Crippen LogP contribution in [-0.2, 0) is 0 Å². The minimum absolute atomic E-state index is 0.0378. The lowest BCUT2D eigenvalue weighted by molar-refractivity contribution is 0.0348. The standard InChI is InChI=1S/C24H28FN3O3/c1-16-13-28(17(2)15-29)24(30)20-11-18(9-10-19-7-5-6-8-21(19)25)12-26-23(20)31-22(16)14-27(3)4/h5-8,11-12,16-17,22,29H,13-15H2,1-4H3/t16-,17-,22-/m1/s1. The van der Waals surface area contributed by atoms with Crippen molar-refractivity contribution in [2.75, 3.05) is 33.8 Å². The number of pyridine rings is 1. The van der Waals surface area contributed by atoms with E-state index in [-0.39, 0.29) is 47.6 Å². The number of aromatic nitrogens is 1. The van der Waals surface area contributed by atoms with Crippen molar-refractivity contribution in [3.8, 4) is 17.7 Å². The monoisotopic (exact) mass is 425 g/mol. The Bertz CT molecular complexity index is 999. The van der Waals surface area contributed by atoms with Gasteiger partial charge >= 0.3 is 0 Å². The molecule has 31 heavy (non-hydrogen) atoms. The molecule has 0 fully saturated rings. The van der Waals surface area contributed by atoms with Gasteiger partial charge in [-0.15, -0.1) is 0 Å². The summed E-state index contributed by atoms with van der Waals surface area (Å²) >= 11 is 0. The summed E-state index contributed by atoms with van der Waals surface area (Å²) in [4.78, 5) is 21.4. The second-order valence-corrected chi connectivity index (χ2v) is 8.19. The molecular formula is C24H28FN3O3. The molecule has 0 saturated heterocycles. The van der Waals surface area contributed by atoms with Gasteiger partial charge in [0.25, 0.3) is 5.91 Å². The van der Waals surface area contributed by atoms with Crippen molar-refractivity contribution in [2.24, 2.45) is 5.92 Å². The number of fused-ring (bicyclic) bond motifs is 1. The summed E-state index contributed by atoms with van der Waals surface area (Å²) in [5.41, 5.74) is 1.04. The van der Waals surface area contributed by atoms with Gasteiger partial charge < -0.3 is 19.6 Å². The van der Waals surface area contributed by atoms with Gasteiger partial charge in [-0.3, -0.25) is 4.79 Å². The Hall–Kier alpha value is -2.95. The van der Waals surface area contributed by atoms with Crippen LogP contribution in [0.25, 0.3) is 0 Å². The number of likely N-dealkylation sites (N-methyl/N-ethyl adjacent to an activating group) is 1. The number of aliphatic hydroxyl groups excluding tert-OH is 1. The molecule has 0 radical (unpaired) electrons. The second kappa shape index (κ2) is 9.90. The molecule has 2 heterocycles. The van der Waals surface area contributed by atoms with E-state index in [2.05, 4.69) is 16.8 Å². The van der Waals surface area contributed by atoms with Gasteiger partial charge in [-0.05, 0) is 39.2 Å². The van der Waals surface area contributed by atoms with Gasteiger partial charge in [0, 0.05) is 30.8 Å². The van der Waals surface area contributed by atoms with Crippen LogP contribution in [0.4, 0.5) is 4.39 Å². The average Bonchev–Trinajstić information content (AvgIpc) is 2.75. The maximum atomic E-state index is 13.9. The molecule has 164 valence electrons. The topological polar surface area (TPSA) is 65.9 Å². The molecule has 1 aromatic carbocycles. The van der Waals surface area contributed by atoms with Gasteiger partial charge in [-0.25, -0.2) is 9.37 Å². The minimum Gasteiger partial charge on any atom is -0.472 e. The fraction of sp³-hybridized carbons (Fsp3) is 0.417. The average molecular weight is 426 g/mol. The molecule has 0 spiro atoms. The number of aliphatic hydroxyl groups is 1.